The van der Waals surface area contributed by atoms with E-state index in [9.17, 15) is 9.59 Å². The van der Waals surface area contributed by atoms with Crippen LogP contribution in [0.3, 0.4) is 0 Å². The Hall–Kier alpha value is -2.31. The molecule has 3 rings (SSSR count). The van der Waals surface area contributed by atoms with Gasteiger partial charge in [0.2, 0.25) is 0 Å². The summed E-state index contributed by atoms with van der Waals surface area (Å²) in [5.74, 6) is 0.749. The van der Waals surface area contributed by atoms with Crippen LogP contribution < -0.4 is 0 Å². The highest BCUT2D eigenvalue weighted by Gasteiger charge is 2.15. The molecule has 0 spiro atoms. The van der Waals surface area contributed by atoms with Crippen molar-refractivity contribution in [3.8, 4) is 0 Å². The second-order valence-corrected chi connectivity index (χ2v) is 6.93. The Morgan fingerprint density at radius 1 is 1.15 bits per heavy atom. The summed E-state index contributed by atoms with van der Waals surface area (Å²) in [6.45, 7) is -0.282. The SMILES string of the molecule is CSCc1nc2ccccc2n1CC(=O)OCC(=O)c1ccc(Cl)cc1. The molecule has 0 bridgehead atoms. The third-order valence-electron chi connectivity index (χ3n) is 3.82. The van der Waals surface area contributed by atoms with Gasteiger partial charge in [-0.15, -0.1) is 0 Å². The lowest BCUT2D eigenvalue weighted by Crippen LogP contribution is -2.19. The van der Waals surface area contributed by atoms with E-state index in [0.29, 0.717) is 16.3 Å². The van der Waals surface area contributed by atoms with Gasteiger partial charge >= 0.3 is 5.97 Å². The molecule has 7 heteroatoms. The van der Waals surface area contributed by atoms with Gasteiger partial charge in [-0.2, -0.15) is 11.8 Å². The van der Waals surface area contributed by atoms with E-state index < -0.39 is 5.97 Å². The molecule has 0 N–H and O–H groups in total. The number of rotatable bonds is 7. The van der Waals surface area contributed by atoms with E-state index in [2.05, 4.69) is 4.98 Å². The van der Waals surface area contributed by atoms with E-state index in [1.165, 1.54) is 0 Å². The van der Waals surface area contributed by atoms with Crippen LogP contribution >= 0.6 is 23.4 Å². The molecule has 134 valence electrons. The lowest BCUT2D eigenvalue weighted by molar-refractivity contribution is -0.143. The van der Waals surface area contributed by atoms with Gasteiger partial charge in [0.25, 0.3) is 0 Å². The number of nitrogens with zero attached hydrogens (tertiary/aromatic N) is 2. The minimum atomic E-state index is -0.474. The van der Waals surface area contributed by atoms with Gasteiger partial charge < -0.3 is 9.30 Å². The molecule has 0 atom stereocenters. The van der Waals surface area contributed by atoms with E-state index >= 15 is 0 Å². The summed E-state index contributed by atoms with van der Waals surface area (Å²) in [5.41, 5.74) is 2.16. The van der Waals surface area contributed by atoms with Gasteiger partial charge in [-0.1, -0.05) is 23.7 Å². The van der Waals surface area contributed by atoms with Gasteiger partial charge in [0, 0.05) is 10.6 Å². The van der Waals surface area contributed by atoms with Crippen molar-refractivity contribution in [2.75, 3.05) is 12.9 Å². The number of imidazole rings is 1. The first-order valence-corrected chi connectivity index (χ1v) is 9.73. The number of ether oxygens (including phenoxy) is 1. The third kappa shape index (κ3) is 4.26. The predicted octanol–water partition coefficient (Wildman–Crippen LogP) is 3.98. The predicted molar refractivity (Wildman–Crippen MR) is 104 cm³/mol. The number of thioether (sulfide) groups is 1. The van der Waals surface area contributed by atoms with Crippen LogP contribution in [0.2, 0.25) is 5.02 Å². The van der Waals surface area contributed by atoms with Crippen molar-refractivity contribution in [3.05, 3.63) is 64.9 Å². The average Bonchev–Trinajstić information content (AvgIpc) is 2.98. The number of benzene rings is 2. The number of hydrogen-bond donors (Lipinski definition) is 0. The van der Waals surface area contributed by atoms with E-state index in [4.69, 9.17) is 16.3 Å². The number of para-hydroxylation sites is 2. The zero-order valence-electron chi connectivity index (χ0n) is 14.1. The van der Waals surface area contributed by atoms with Crippen molar-refractivity contribution >= 4 is 46.1 Å². The number of hydrogen-bond acceptors (Lipinski definition) is 5. The number of halogens is 1. The van der Waals surface area contributed by atoms with Crippen LogP contribution in [0.5, 0.6) is 0 Å². The fourth-order valence-corrected chi connectivity index (χ4v) is 3.19. The first-order chi connectivity index (χ1) is 12.6. The third-order valence-corrected chi connectivity index (χ3v) is 4.62. The summed E-state index contributed by atoms with van der Waals surface area (Å²) in [4.78, 5) is 28.9. The monoisotopic (exact) mass is 388 g/mol. The van der Waals surface area contributed by atoms with E-state index in [-0.39, 0.29) is 18.9 Å². The van der Waals surface area contributed by atoms with Crippen molar-refractivity contribution in [1.82, 2.24) is 9.55 Å². The second kappa shape index (κ2) is 8.38. The van der Waals surface area contributed by atoms with Gasteiger partial charge in [-0.05, 0) is 42.7 Å². The van der Waals surface area contributed by atoms with Crippen molar-refractivity contribution in [2.24, 2.45) is 0 Å². The highest BCUT2D eigenvalue weighted by molar-refractivity contribution is 7.97. The van der Waals surface area contributed by atoms with Crippen molar-refractivity contribution < 1.29 is 14.3 Å². The normalized spacial score (nSPS) is 10.8. The smallest absolute Gasteiger partial charge is 0.326 e. The molecule has 0 saturated heterocycles. The molecule has 26 heavy (non-hydrogen) atoms. The van der Waals surface area contributed by atoms with Gasteiger partial charge in [-0.25, -0.2) is 4.98 Å². The van der Waals surface area contributed by atoms with Gasteiger partial charge in [-0.3, -0.25) is 9.59 Å². The van der Waals surface area contributed by atoms with Gasteiger partial charge in [0.05, 0.1) is 16.8 Å². The van der Waals surface area contributed by atoms with Crippen molar-refractivity contribution in [1.29, 1.82) is 0 Å². The van der Waals surface area contributed by atoms with Gasteiger partial charge in [0.15, 0.2) is 12.4 Å². The number of fused-ring (bicyclic) bond motifs is 1. The molecule has 3 aromatic rings. The Morgan fingerprint density at radius 3 is 2.62 bits per heavy atom. The Balaban J connectivity index is 1.68. The number of Topliss-reactive ketones (excluding diaryl/α,β-unsaturated/α-hetero) is 1. The quantitative estimate of drug-likeness (QED) is 0.452. The summed E-state index contributed by atoms with van der Waals surface area (Å²) in [5, 5.41) is 0.548. The van der Waals surface area contributed by atoms with E-state index in [1.807, 2.05) is 35.1 Å². The first kappa shape index (κ1) is 18.5. The molecule has 2 aromatic carbocycles. The lowest BCUT2D eigenvalue weighted by atomic mass is 10.1. The highest BCUT2D eigenvalue weighted by Crippen LogP contribution is 2.19. The second-order valence-electron chi connectivity index (χ2n) is 5.63. The van der Waals surface area contributed by atoms with Crippen LogP contribution in [-0.4, -0.2) is 34.2 Å². The molecule has 1 heterocycles. The molecular formula is C19H17ClN2O3S. The molecule has 0 radical (unpaired) electrons. The zero-order valence-corrected chi connectivity index (χ0v) is 15.7. The summed E-state index contributed by atoms with van der Waals surface area (Å²) in [6, 6.07) is 14.1. The fourth-order valence-electron chi connectivity index (χ4n) is 2.58. The minimum absolute atomic E-state index is 0.0182. The van der Waals surface area contributed by atoms with Crippen molar-refractivity contribution in [3.63, 3.8) is 0 Å². The summed E-state index contributed by atoms with van der Waals surface area (Å²) < 4.78 is 7.00. The molecule has 0 saturated carbocycles. The maximum absolute atomic E-state index is 12.2. The molecule has 0 fully saturated rings. The van der Waals surface area contributed by atoms with Crippen molar-refractivity contribution in [2.45, 2.75) is 12.3 Å². The summed E-state index contributed by atoms with van der Waals surface area (Å²) in [7, 11) is 0. The Morgan fingerprint density at radius 2 is 1.88 bits per heavy atom. The van der Waals surface area contributed by atoms with E-state index in [0.717, 1.165) is 16.9 Å². The van der Waals surface area contributed by atoms with Crippen LogP contribution in [0.25, 0.3) is 11.0 Å². The Labute approximate surface area is 160 Å². The van der Waals surface area contributed by atoms with E-state index in [1.54, 1.807) is 36.0 Å². The summed E-state index contributed by atoms with van der Waals surface area (Å²) in [6.07, 6.45) is 1.98. The number of carbonyl (C=O) groups is 2. The minimum Gasteiger partial charge on any atom is -0.456 e. The number of esters is 1. The molecular weight excluding hydrogens is 372 g/mol. The number of carbonyl (C=O) groups excluding carboxylic acids is 2. The Kier molecular flexibility index (Phi) is 5.96. The molecule has 0 aliphatic heterocycles. The standard InChI is InChI=1S/C19H17ClN2O3S/c1-26-12-18-21-15-4-2-3-5-16(15)22(18)10-19(24)25-11-17(23)13-6-8-14(20)9-7-13/h2-9H,10-12H2,1H3. The highest BCUT2D eigenvalue weighted by atomic mass is 35.5. The maximum Gasteiger partial charge on any atom is 0.326 e. The van der Waals surface area contributed by atoms with Crippen LogP contribution in [0, 0.1) is 0 Å². The molecule has 0 unspecified atom stereocenters. The largest absolute Gasteiger partial charge is 0.456 e. The Bertz CT molecular complexity index is 938. The van der Waals surface area contributed by atoms with Crippen LogP contribution in [0.15, 0.2) is 48.5 Å². The fraction of sp³-hybridized carbons (Fsp3) is 0.211. The molecule has 0 amide bonds. The lowest BCUT2D eigenvalue weighted by Gasteiger charge is -2.09. The maximum atomic E-state index is 12.2. The topological polar surface area (TPSA) is 61.2 Å². The molecule has 0 aliphatic rings. The van der Waals surface area contributed by atoms with Crippen LogP contribution in [-0.2, 0) is 21.8 Å². The first-order valence-electron chi connectivity index (χ1n) is 7.96. The molecule has 1 aromatic heterocycles. The molecule has 0 aliphatic carbocycles. The molecule has 5 nitrogen and oxygen atoms in total. The van der Waals surface area contributed by atoms with Gasteiger partial charge in [0.1, 0.15) is 12.4 Å². The van der Waals surface area contributed by atoms with Crippen LogP contribution in [0.1, 0.15) is 16.2 Å². The number of aromatic nitrogens is 2. The van der Waals surface area contributed by atoms with Crippen LogP contribution in [0.4, 0.5) is 0 Å². The summed E-state index contributed by atoms with van der Waals surface area (Å²) >= 11 is 7.43. The number of ketones is 1. The zero-order chi connectivity index (χ0) is 18.5. The average molecular weight is 389 g/mol.